The number of anilines is 2. The van der Waals surface area contributed by atoms with Gasteiger partial charge in [0.15, 0.2) is 0 Å². The second kappa shape index (κ2) is 6.82. The highest BCUT2D eigenvalue weighted by Crippen LogP contribution is 2.26. The summed E-state index contributed by atoms with van der Waals surface area (Å²) in [5.74, 6) is -0.113. The lowest BCUT2D eigenvalue weighted by Crippen LogP contribution is -2.20. The molecule has 0 saturated heterocycles. The molecule has 0 amide bonds. The van der Waals surface area contributed by atoms with Crippen molar-refractivity contribution >= 4 is 33.9 Å². The predicted octanol–water partition coefficient (Wildman–Crippen LogP) is 3.69. The topological polar surface area (TPSA) is 107 Å². The van der Waals surface area contributed by atoms with E-state index in [1.807, 2.05) is 41.0 Å². The first-order chi connectivity index (χ1) is 14.6. The Balaban J connectivity index is 1.59. The fourth-order valence-electron chi connectivity index (χ4n) is 3.35. The van der Waals surface area contributed by atoms with Crippen LogP contribution in [0, 0.1) is 10.1 Å². The van der Waals surface area contributed by atoms with Crippen LogP contribution in [0.2, 0.25) is 0 Å². The van der Waals surface area contributed by atoms with Gasteiger partial charge in [0.2, 0.25) is 5.82 Å². The number of hydrogen-bond donors (Lipinski definition) is 1. The van der Waals surface area contributed by atoms with E-state index in [1.54, 1.807) is 36.7 Å². The molecule has 0 aliphatic heterocycles. The Kier molecular flexibility index (Phi) is 3.99. The number of nitro groups is 1. The molecule has 0 aliphatic rings. The second-order valence-electron chi connectivity index (χ2n) is 6.58. The maximum absolute atomic E-state index is 12.6. The minimum absolute atomic E-state index is 0.113. The fraction of sp³-hybridized carbons (Fsp3) is 0. The maximum Gasteiger partial charge on any atom is 0.376 e. The molecule has 0 fully saturated rings. The van der Waals surface area contributed by atoms with Crippen molar-refractivity contribution in [3.05, 3.63) is 99.7 Å². The Labute approximate surface area is 169 Å². The SMILES string of the molecule is O=c1c([N+](=O)[O-])c(Nc2ccc3c(c2)ncn3-c2ccccc2)nc2ccccn12. The molecular weight excluding hydrogens is 384 g/mol. The number of fused-ring (bicyclic) bond motifs is 2. The monoisotopic (exact) mass is 398 g/mol. The van der Waals surface area contributed by atoms with Crippen molar-refractivity contribution in [2.24, 2.45) is 0 Å². The van der Waals surface area contributed by atoms with E-state index in [1.165, 1.54) is 6.20 Å². The van der Waals surface area contributed by atoms with E-state index < -0.39 is 16.2 Å². The van der Waals surface area contributed by atoms with E-state index in [9.17, 15) is 14.9 Å². The van der Waals surface area contributed by atoms with Crippen LogP contribution in [0.1, 0.15) is 0 Å². The summed E-state index contributed by atoms with van der Waals surface area (Å²) in [4.78, 5) is 32.1. The van der Waals surface area contributed by atoms with Gasteiger partial charge in [0.25, 0.3) is 0 Å². The molecule has 5 aromatic rings. The summed E-state index contributed by atoms with van der Waals surface area (Å²) in [7, 11) is 0. The maximum atomic E-state index is 12.6. The number of nitrogens with one attached hydrogen (secondary N) is 1. The third-order valence-corrected chi connectivity index (χ3v) is 4.74. The summed E-state index contributed by atoms with van der Waals surface area (Å²) in [6.45, 7) is 0. The molecule has 9 nitrogen and oxygen atoms in total. The van der Waals surface area contributed by atoms with Crippen LogP contribution in [0.5, 0.6) is 0 Å². The number of para-hydroxylation sites is 1. The third kappa shape index (κ3) is 2.85. The Morgan fingerprint density at radius 1 is 1.00 bits per heavy atom. The molecule has 3 aromatic heterocycles. The van der Waals surface area contributed by atoms with Gasteiger partial charge in [0, 0.05) is 17.6 Å². The summed E-state index contributed by atoms with van der Waals surface area (Å²) in [5, 5.41) is 14.5. The van der Waals surface area contributed by atoms with Crippen LogP contribution in [-0.4, -0.2) is 23.9 Å². The highest BCUT2D eigenvalue weighted by atomic mass is 16.6. The summed E-state index contributed by atoms with van der Waals surface area (Å²) in [6, 6.07) is 20.1. The number of aromatic nitrogens is 4. The molecule has 30 heavy (non-hydrogen) atoms. The lowest BCUT2D eigenvalue weighted by Gasteiger charge is -2.09. The molecule has 0 bridgehead atoms. The van der Waals surface area contributed by atoms with Gasteiger partial charge in [-0.25, -0.2) is 9.97 Å². The molecule has 2 aromatic carbocycles. The van der Waals surface area contributed by atoms with Crippen LogP contribution in [0.15, 0.2) is 84.0 Å². The van der Waals surface area contributed by atoms with Gasteiger partial charge in [0.1, 0.15) is 12.0 Å². The molecule has 146 valence electrons. The minimum Gasteiger partial charge on any atom is -0.334 e. The summed E-state index contributed by atoms with van der Waals surface area (Å²) in [6.07, 6.45) is 3.16. The lowest BCUT2D eigenvalue weighted by molar-refractivity contribution is -0.385. The summed E-state index contributed by atoms with van der Waals surface area (Å²) in [5.41, 5.74) is 2.04. The Morgan fingerprint density at radius 3 is 2.60 bits per heavy atom. The van der Waals surface area contributed by atoms with E-state index >= 15 is 0 Å². The zero-order chi connectivity index (χ0) is 20.7. The van der Waals surface area contributed by atoms with Crippen LogP contribution in [0.4, 0.5) is 17.2 Å². The Bertz CT molecular complexity index is 1470. The lowest BCUT2D eigenvalue weighted by atomic mass is 10.2. The normalized spacial score (nSPS) is 11.1. The molecule has 0 spiro atoms. The third-order valence-electron chi connectivity index (χ3n) is 4.74. The minimum atomic E-state index is -0.748. The largest absolute Gasteiger partial charge is 0.376 e. The molecule has 3 heterocycles. The van der Waals surface area contributed by atoms with Gasteiger partial charge < -0.3 is 5.32 Å². The smallest absolute Gasteiger partial charge is 0.334 e. The van der Waals surface area contributed by atoms with Crippen LogP contribution in [-0.2, 0) is 0 Å². The molecule has 0 saturated carbocycles. The highest BCUT2D eigenvalue weighted by Gasteiger charge is 2.23. The molecule has 0 aliphatic carbocycles. The second-order valence-corrected chi connectivity index (χ2v) is 6.58. The molecule has 1 N–H and O–H groups in total. The van der Waals surface area contributed by atoms with E-state index in [2.05, 4.69) is 15.3 Å². The summed E-state index contributed by atoms with van der Waals surface area (Å²) < 4.78 is 3.09. The van der Waals surface area contributed by atoms with Gasteiger partial charge >= 0.3 is 11.2 Å². The molecule has 5 rings (SSSR count). The van der Waals surface area contributed by atoms with Crippen LogP contribution in [0.25, 0.3) is 22.4 Å². The van der Waals surface area contributed by atoms with Crippen LogP contribution >= 0.6 is 0 Å². The molecule has 0 atom stereocenters. The number of nitrogens with zero attached hydrogens (tertiary/aromatic N) is 5. The molecule has 0 unspecified atom stereocenters. The standard InChI is InChI=1S/C21H14N6O3/c28-21-19(27(29)30)20(24-18-8-4-5-11-25(18)21)23-14-9-10-17-16(12-14)22-13-26(17)15-6-2-1-3-7-15/h1-13,23H. The van der Waals surface area contributed by atoms with Crippen molar-refractivity contribution in [1.29, 1.82) is 0 Å². The van der Waals surface area contributed by atoms with Gasteiger partial charge in [-0.05, 0) is 42.5 Å². The van der Waals surface area contributed by atoms with E-state index in [4.69, 9.17) is 0 Å². The highest BCUT2D eigenvalue weighted by molar-refractivity contribution is 5.83. The number of pyridine rings is 1. The quantitative estimate of drug-likeness (QED) is 0.365. The van der Waals surface area contributed by atoms with E-state index in [0.717, 1.165) is 15.6 Å². The molecule has 9 heteroatoms. The van der Waals surface area contributed by atoms with Gasteiger partial charge in [-0.3, -0.25) is 23.9 Å². The average molecular weight is 398 g/mol. The zero-order valence-electron chi connectivity index (χ0n) is 15.5. The van der Waals surface area contributed by atoms with E-state index in [0.29, 0.717) is 16.9 Å². The van der Waals surface area contributed by atoms with Crippen LogP contribution < -0.4 is 10.9 Å². The van der Waals surface area contributed by atoms with Crippen molar-refractivity contribution in [3.63, 3.8) is 0 Å². The first kappa shape index (κ1) is 17.6. The van der Waals surface area contributed by atoms with Gasteiger partial charge in [-0.1, -0.05) is 24.3 Å². The van der Waals surface area contributed by atoms with Crippen molar-refractivity contribution in [3.8, 4) is 5.69 Å². The number of hydrogen-bond acceptors (Lipinski definition) is 6. The van der Waals surface area contributed by atoms with Gasteiger partial charge in [-0.15, -0.1) is 0 Å². The number of imidazole rings is 1. The molecule has 0 radical (unpaired) electrons. The van der Waals surface area contributed by atoms with Crippen molar-refractivity contribution in [1.82, 2.24) is 18.9 Å². The van der Waals surface area contributed by atoms with Crippen LogP contribution in [0.3, 0.4) is 0 Å². The fourth-order valence-corrected chi connectivity index (χ4v) is 3.35. The van der Waals surface area contributed by atoms with E-state index in [-0.39, 0.29) is 5.82 Å². The summed E-state index contributed by atoms with van der Waals surface area (Å²) >= 11 is 0. The first-order valence-electron chi connectivity index (χ1n) is 9.07. The number of rotatable bonds is 4. The Hall–Kier alpha value is -4.53. The van der Waals surface area contributed by atoms with Gasteiger partial charge in [-0.2, -0.15) is 0 Å². The zero-order valence-corrected chi connectivity index (χ0v) is 15.5. The Morgan fingerprint density at radius 2 is 1.80 bits per heavy atom. The van der Waals surface area contributed by atoms with Gasteiger partial charge in [0.05, 0.1) is 16.0 Å². The first-order valence-corrected chi connectivity index (χ1v) is 9.07. The predicted molar refractivity (Wildman–Crippen MR) is 112 cm³/mol. The average Bonchev–Trinajstić information content (AvgIpc) is 3.17. The van der Waals surface area contributed by atoms with Crippen molar-refractivity contribution < 1.29 is 4.92 Å². The number of benzene rings is 2. The molecular formula is C21H14N6O3. The van der Waals surface area contributed by atoms with Crippen molar-refractivity contribution in [2.75, 3.05) is 5.32 Å². The van der Waals surface area contributed by atoms with Crippen molar-refractivity contribution in [2.45, 2.75) is 0 Å².